The Hall–Kier alpha value is -2.63. The minimum atomic E-state index is -0.435. The molecule has 6 heteroatoms. The van der Waals surface area contributed by atoms with Crippen LogP contribution in [0, 0.1) is 5.92 Å². The fourth-order valence-electron chi connectivity index (χ4n) is 3.74. The monoisotopic (exact) mass is 384 g/mol. The number of Topliss-reactive ketones (excluding diaryl/α,β-unsaturated/α-hetero) is 1. The maximum atomic E-state index is 12.7. The fraction of sp³-hybridized carbons (Fsp3) is 0.500. The van der Waals surface area contributed by atoms with E-state index in [2.05, 4.69) is 10.3 Å². The standard InChI is InChI=1S/C22H28N2O4/c1-3-18(25)21(15-8-6-5-7-9-15)24-22(26)20-13-12-19(28-20)17-11-10-16(14-23-17)27-4-2/h10-15,21H,3-9H2,1-2H3,(H,24,26)/t21-/m0/s1. The number of furan rings is 1. The van der Waals surface area contributed by atoms with E-state index in [1.165, 1.54) is 6.42 Å². The lowest BCUT2D eigenvalue weighted by Gasteiger charge is -2.29. The maximum absolute atomic E-state index is 12.7. The van der Waals surface area contributed by atoms with Crippen molar-refractivity contribution < 1.29 is 18.7 Å². The molecule has 0 radical (unpaired) electrons. The van der Waals surface area contributed by atoms with Crippen LogP contribution in [0.25, 0.3) is 11.5 Å². The number of rotatable bonds is 8. The Kier molecular flexibility index (Phi) is 6.85. The summed E-state index contributed by atoms with van der Waals surface area (Å²) in [6, 6.07) is 6.51. The van der Waals surface area contributed by atoms with Gasteiger partial charge in [0.2, 0.25) is 0 Å². The zero-order valence-electron chi connectivity index (χ0n) is 16.6. The highest BCUT2D eigenvalue weighted by Crippen LogP contribution is 2.28. The minimum absolute atomic E-state index is 0.0835. The summed E-state index contributed by atoms with van der Waals surface area (Å²) in [6.45, 7) is 4.33. The molecule has 1 atom stereocenters. The molecular weight excluding hydrogens is 356 g/mol. The van der Waals surface area contributed by atoms with Crippen molar-refractivity contribution >= 4 is 11.7 Å². The van der Waals surface area contributed by atoms with E-state index in [0.717, 1.165) is 25.7 Å². The summed E-state index contributed by atoms with van der Waals surface area (Å²) in [5.41, 5.74) is 0.621. The van der Waals surface area contributed by atoms with E-state index in [1.54, 1.807) is 24.4 Å². The highest BCUT2D eigenvalue weighted by atomic mass is 16.5. The summed E-state index contributed by atoms with van der Waals surface area (Å²) < 4.78 is 11.1. The van der Waals surface area contributed by atoms with Gasteiger partial charge in [0.1, 0.15) is 11.4 Å². The molecule has 1 amide bonds. The van der Waals surface area contributed by atoms with Gasteiger partial charge in [0.05, 0.1) is 18.8 Å². The average Bonchev–Trinajstić information content (AvgIpc) is 3.23. The Morgan fingerprint density at radius 1 is 1.18 bits per heavy atom. The second-order valence-corrected chi connectivity index (χ2v) is 7.15. The van der Waals surface area contributed by atoms with Gasteiger partial charge in [-0.25, -0.2) is 4.98 Å². The number of pyridine rings is 1. The summed E-state index contributed by atoms with van der Waals surface area (Å²) >= 11 is 0. The topological polar surface area (TPSA) is 81.4 Å². The molecule has 1 aliphatic carbocycles. The molecule has 6 nitrogen and oxygen atoms in total. The van der Waals surface area contributed by atoms with Gasteiger partial charge in [-0.2, -0.15) is 0 Å². The Labute approximate surface area is 165 Å². The number of aromatic nitrogens is 1. The van der Waals surface area contributed by atoms with Crippen molar-refractivity contribution in [2.75, 3.05) is 6.61 Å². The van der Waals surface area contributed by atoms with Crippen molar-refractivity contribution in [3.8, 4) is 17.2 Å². The van der Waals surface area contributed by atoms with Gasteiger partial charge < -0.3 is 14.5 Å². The smallest absolute Gasteiger partial charge is 0.287 e. The number of amides is 1. The zero-order chi connectivity index (χ0) is 19.9. The minimum Gasteiger partial charge on any atom is -0.492 e. The summed E-state index contributed by atoms with van der Waals surface area (Å²) in [6.07, 6.45) is 7.44. The van der Waals surface area contributed by atoms with E-state index in [0.29, 0.717) is 30.2 Å². The van der Waals surface area contributed by atoms with Gasteiger partial charge in [-0.1, -0.05) is 26.2 Å². The zero-order valence-corrected chi connectivity index (χ0v) is 16.6. The molecule has 3 rings (SSSR count). The number of hydrogen-bond acceptors (Lipinski definition) is 5. The Morgan fingerprint density at radius 3 is 2.61 bits per heavy atom. The van der Waals surface area contributed by atoms with Crippen LogP contribution in [-0.4, -0.2) is 29.3 Å². The number of ketones is 1. The van der Waals surface area contributed by atoms with Crippen LogP contribution in [0.4, 0.5) is 0 Å². The fourth-order valence-corrected chi connectivity index (χ4v) is 3.74. The Balaban J connectivity index is 1.70. The first-order valence-electron chi connectivity index (χ1n) is 10.1. The lowest BCUT2D eigenvalue weighted by Crippen LogP contribution is -2.46. The van der Waals surface area contributed by atoms with Crippen molar-refractivity contribution in [2.45, 2.75) is 58.4 Å². The van der Waals surface area contributed by atoms with E-state index in [4.69, 9.17) is 9.15 Å². The molecule has 1 saturated carbocycles. The normalized spacial score (nSPS) is 15.8. The first-order valence-corrected chi connectivity index (χ1v) is 10.1. The van der Waals surface area contributed by atoms with E-state index < -0.39 is 6.04 Å². The average molecular weight is 384 g/mol. The highest BCUT2D eigenvalue weighted by Gasteiger charge is 2.30. The van der Waals surface area contributed by atoms with Gasteiger partial charge >= 0.3 is 0 Å². The SMILES string of the molecule is CCOc1ccc(-c2ccc(C(=O)N[C@H](C(=O)CC)C3CCCCC3)o2)nc1. The largest absolute Gasteiger partial charge is 0.492 e. The van der Waals surface area contributed by atoms with Crippen molar-refractivity contribution in [1.82, 2.24) is 10.3 Å². The first kappa shape index (κ1) is 20.1. The summed E-state index contributed by atoms with van der Waals surface area (Å²) in [5, 5.41) is 2.92. The lowest BCUT2D eigenvalue weighted by molar-refractivity contribution is -0.122. The quantitative estimate of drug-likeness (QED) is 0.729. The van der Waals surface area contributed by atoms with Gasteiger partial charge in [-0.3, -0.25) is 9.59 Å². The first-order chi connectivity index (χ1) is 13.6. The maximum Gasteiger partial charge on any atom is 0.287 e. The van der Waals surface area contributed by atoms with E-state index >= 15 is 0 Å². The second kappa shape index (κ2) is 9.53. The van der Waals surface area contributed by atoms with E-state index in [1.807, 2.05) is 19.9 Å². The number of carbonyl (C=O) groups excluding carboxylic acids is 2. The van der Waals surface area contributed by atoms with Crippen molar-refractivity contribution in [2.24, 2.45) is 5.92 Å². The van der Waals surface area contributed by atoms with Crippen molar-refractivity contribution in [1.29, 1.82) is 0 Å². The van der Waals surface area contributed by atoms with Crippen LogP contribution in [0.1, 0.15) is 62.9 Å². The molecule has 2 aromatic heterocycles. The van der Waals surface area contributed by atoms with Crippen LogP contribution < -0.4 is 10.1 Å². The van der Waals surface area contributed by atoms with Gasteiger partial charge in [0.15, 0.2) is 17.3 Å². The summed E-state index contributed by atoms with van der Waals surface area (Å²) in [7, 11) is 0. The van der Waals surface area contributed by atoms with Crippen LogP contribution in [0.5, 0.6) is 5.75 Å². The molecule has 0 aromatic carbocycles. The van der Waals surface area contributed by atoms with Gasteiger partial charge in [-0.15, -0.1) is 0 Å². The predicted molar refractivity (Wildman–Crippen MR) is 106 cm³/mol. The van der Waals surface area contributed by atoms with Gasteiger partial charge in [0, 0.05) is 6.42 Å². The molecule has 0 unspecified atom stereocenters. The Bertz CT molecular complexity index is 791. The lowest BCUT2D eigenvalue weighted by atomic mass is 9.81. The molecule has 1 aliphatic rings. The number of nitrogens with one attached hydrogen (secondary N) is 1. The summed E-state index contributed by atoms with van der Waals surface area (Å²) in [5.74, 6) is 1.32. The molecule has 1 N–H and O–H groups in total. The van der Waals surface area contributed by atoms with Crippen LogP contribution in [0.2, 0.25) is 0 Å². The molecule has 0 bridgehead atoms. The molecule has 2 heterocycles. The number of nitrogens with zero attached hydrogens (tertiary/aromatic N) is 1. The molecule has 0 spiro atoms. The third kappa shape index (κ3) is 4.80. The molecule has 28 heavy (non-hydrogen) atoms. The van der Waals surface area contributed by atoms with Crippen LogP contribution in [0.15, 0.2) is 34.9 Å². The number of carbonyl (C=O) groups is 2. The number of ether oxygens (including phenoxy) is 1. The van der Waals surface area contributed by atoms with Crippen LogP contribution in [-0.2, 0) is 4.79 Å². The Morgan fingerprint density at radius 2 is 1.96 bits per heavy atom. The third-order valence-electron chi connectivity index (χ3n) is 5.23. The van der Waals surface area contributed by atoms with Crippen molar-refractivity contribution in [3.05, 3.63) is 36.2 Å². The van der Waals surface area contributed by atoms with Gasteiger partial charge in [-0.05, 0) is 49.9 Å². The van der Waals surface area contributed by atoms with Gasteiger partial charge in [0.25, 0.3) is 5.91 Å². The highest BCUT2D eigenvalue weighted by molar-refractivity contribution is 5.96. The van der Waals surface area contributed by atoms with E-state index in [-0.39, 0.29) is 23.4 Å². The van der Waals surface area contributed by atoms with Crippen LogP contribution >= 0.6 is 0 Å². The van der Waals surface area contributed by atoms with E-state index in [9.17, 15) is 9.59 Å². The molecule has 0 aliphatic heterocycles. The predicted octanol–water partition coefficient (Wildman–Crippen LogP) is 4.40. The van der Waals surface area contributed by atoms with Crippen LogP contribution in [0.3, 0.4) is 0 Å². The van der Waals surface area contributed by atoms with Crippen molar-refractivity contribution in [3.63, 3.8) is 0 Å². The summed E-state index contributed by atoms with van der Waals surface area (Å²) in [4.78, 5) is 29.4. The second-order valence-electron chi connectivity index (χ2n) is 7.15. The molecule has 2 aromatic rings. The molecule has 1 fully saturated rings. The molecule has 150 valence electrons. The number of hydrogen-bond donors (Lipinski definition) is 1. The molecular formula is C22H28N2O4. The third-order valence-corrected chi connectivity index (χ3v) is 5.23. The molecule has 0 saturated heterocycles.